The van der Waals surface area contributed by atoms with Crippen molar-refractivity contribution in [3.8, 4) is 5.88 Å². The number of hydrogen-bond acceptors (Lipinski definition) is 11. The van der Waals surface area contributed by atoms with Gasteiger partial charge in [-0.25, -0.2) is 4.39 Å². The average molecular weight is 615 g/mol. The molecule has 1 fully saturated rings. The summed E-state index contributed by atoms with van der Waals surface area (Å²) in [6.07, 6.45) is -6.73. The van der Waals surface area contributed by atoms with Crippen molar-refractivity contribution in [2.24, 2.45) is 0 Å². The van der Waals surface area contributed by atoms with Crippen molar-refractivity contribution in [3.63, 3.8) is 0 Å². The first-order chi connectivity index (χ1) is 18.3. The second kappa shape index (κ2) is 13.0. The molecule has 5 atom stereocenters. The number of aryl methyl sites for hydroxylation is 1. The fourth-order valence-corrected chi connectivity index (χ4v) is 4.32. The molecule has 0 aliphatic carbocycles. The molecule has 1 aliphatic heterocycles. The second-order valence-electron chi connectivity index (χ2n) is 8.73. The molecule has 3 rings (SSSR count). The maximum absolute atomic E-state index is 14.6. The molecule has 0 radical (unpaired) electrons. The Hall–Kier alpha value is -3.52. The van der Waals surface area contributed by atoms with Crippen LogP contribution in [-0.2, 0) is 49.3 Å². The number of carbonyl (C=O) groups excluding carboxylic acids is 4. The van der Waals surface area contributed by atoms with E-state index in [9.17, 15) is 23.6 Å². The highest BCUT2D eigenvalue weighted by Crippen LogP contribution is 2.33. The van der Waals surface area contributed by atoms with Crippen molar-refractivity contribution in [1.29, 1.82) is 0 Å². The van der Waals surface area contributed by atoms with Gasteiger partial charge in [0.1, 0.15) is 18.5 Å². The van der Waals surface area contributed by atoms with Gasteiger partial charge in [0, 0.05) is 49.8 Å². The molecule has 0 amide bonds. The molecule has 14 heteroatoms. The summed E-state index contributed by atoms with van der Waals surface area (Å²) in [5.74, 6) is -3.41. The highest BCUT2D eigenvalue weighted by Gasteiger charge is 2.53. The van der Waals surface area contributed by atoms with Gasteiger partial charge in [0.2, 0.25) is 18.3 Å². The number of nitrogens with zero attached hydrogens (tertiary/aromatic N) is 1. The number of aromatic nitrogens is 2. The molecule has 1 aliphatic rings. The SMILES string of the molecule is CC(=O)OC[C@H]1OC(Oc2n[nH]c(C)c2Cc2ccc(Br)cc2F)[C@H](OC(C)=O)[C@@H](OC(C)=O)[C@@H]1OC(C)=O. The predicted octanol–water partition coefficient (Wildman–Crippen LogP) is 2.67. The molecular weight excluding hydrogens is 587 g/mol. The number of aromatic amines is 1. The molecule has 212 valence electrons. The normalized spacial score (nSPS) is 22.5. The van der Waals surface area contributed by atoms with Gasteiger partial charge in [0.25, 0.3) is 0 Å². The fraction of sp³-hybridized carbons (Fsp3) is 0.480. The predicted molar refractivity (Wildman–Crippen MR) is 133 cm³/mol. The lowest BCUT2D eigenvalue weighted by molar-refractivity contribution is -0.289. The molecule has 2 aromatic rings. The third kappa shape index (κ3) is 7.99. The van der Waals surface area contributed by atoms with Crippen LogP contribution in [0.3, 0.4) is 0 Å². The van der Waals surface area contributed by atoms with Crippen molar-refractivity contribution in [3.05, 3.63) is 45.3 Å². The summed E-state index contributed by atoms with van der Waals surface area (Å²) in [7, 11) is 0. The van der Waals surface area contributed by atoms with Gasteiger partial charge in [0.15, 0.2) is 12.2 Å². The summed E-state index contributed by atoms with van der Waals surface area (Å²) in [5.41, 5.74) is 1.40. The summed E-state index contributed by atoms with van der Waals surface area (Å²) < 4.78 is 48.3. The highest BCUT2D eigenvalue weighted by molar-refractivity contribution is 9.10. The summed E-state index contributed by atoms with van der Waals surface area (Å²) in [4.78, 5) is 47.4. The quantitative estimate of drug-likeness (QED) is 0.327. The minimum absolute atomic E-state index is 0.00396. The van der Waals surface area contributed by atoms with Crippen molar-refractivity contribution in [2.75, 3.05) is 6.61 Å². The van der Waals surface area contributed by atoms with E-state index in [0.29, 0.717) is 21.3 Å². The van der Waals surface area contributed by atoms with Gasteiger partial charge in [-0.3, -0.25) is 24.3 Å². The van der Waals surface area contributed by atoms with Crippen molar-refractivity contribution >= 4 is 39.8 Å². The van der Waals surface area contributed by atoms with Crippen LogP contribution in [-0.4, -0.2) is 71.4 Å². The van der Waals surface area contributed by atoms with Crippen LogP contribution < -0.4 is 4.74 Å². The molecule has 1 aromatic carbocycles. The Kier molecular flexibility index (Phi) is 10.0. The fourth-order valence-electron chi connectivity index (χ4n) is 3.98. The van der Waals surface area contributed by atoms with Crippen LogP contribution in [0, 0.1) is 12.7 Å². The molecule has 1 aromatic heterocycles. The van der Waals surface area contributed by atoms with E-state index in [1.165, 1.54) is 13.0 Å². The molecule has 39 heavy (non-hydrogen) atoms. The molecule has 2 heterocycles. The molecule has 1 saturated heterocycles. The minimum Gasteiger partial charge on any atom is -0.463 e. The monoisotopic (exact) mass is 614 g/mol. The zero-order valence-electron chi connectivity index (χ0n) is 21.8. The topological polar surface area (TPSA) is 152 Å². The molecule has 1 N–H and O–H groups in total. The first-order valence-corrected chi connectivity index (χ1v) is 12.6. The van der Waals surface area contributed by atoms with Crippen LogP contribution >= 0.6 is 15.9 Å². The van der Waals surface area contributed by atoms with E-state index in [1.807, 2.05) is 0 Å². The minimum atomic E-state index is -1.47. The number of halogens is 2. The number of H-pyrrole nitrogens is 1. The van der Waals surface area contributed by atoms with E-state index in [4.69, 9.17) is 28.4 Å². The Morgan fingerprint density at radius 3 is 2.18 bits per heavy atom. The van der Waals surface area contributed by atoms with E-state index in [0.717, 1.165) is 20.8 Å². The molecule has 1 unspecified atom stereocenters. The third-order valence-corrected chi connectivity index (χ3v) is 6.09. The Balaban J connectivity index is 2.00. The van der Waals surface area contributed by atoms with Crippen LogP contribution in [0.25, 0.3) is 0 Å². The standard InChI is InChI=1S/C25H28BrFN2O10/c1-11-18(8-16-6-7-17(26)9-19(16)27)24(29-28-11)39-25-23(37-15(5)33)22(36-14(4)32)21(35-13(3)31)20(38-25)10-34-12(2)30/h6-7,9,20-23,25H,8,10H2,1-5H3,(H,28,29)/t20-,21-,22+,23-,25?/m1/s1. The largest absolute Gasteiger partial charge is 0.463 e. The van der Waals surface area contributed by atoms with Gasteiger partial charge in [0.05, 0.1) is 0 Å². The highest BCUT2D eigenvalue weighted by atomic mass is 79.9. The molecule has 0 bridgehead atoms. The van der Waals surface area contributed by atoms with Crippen molar-refractivity contribution in [2.45, 2.75) is 71.7 Å². The number of ether oxygens (including phenoxy) is 6. The van der Waals surface area contributed by atoms with Crippen LogP contribution in [0.5, 0.6) is 5.88 Å². The van der Waals surface area contributed by atoms with Crippen LogP contribution in [0.1, 0.15) is 44.5 Å². The first-order valence-electron chi connectivity index (χ1n) is 11.8. The zero-order valence-corrected chi connectivity index (χ0v) is 23.4. The second-order valence-corrected chi connectivity index (χ2v) is 9.65. The van der Waals surface area contributed by atoms with Gasteiger partial charge in [-0.15, -0.1) is 5.10 Å². The number of carbonyl (C=O) groups is 4. The molecule has 0 spiro atoms. The van der Waals surface area contributed by atoms with E-state index in [1.54, 1.807) is 19.1 Å². The third-order valence-electron chi connectivity index (χ3n) is 5.59. The molecule has 0 saturated carbocycles. The molecular formula is C25H28BrFN2O10. The van der Waals surface area contributed by atoms with E-state index >= 15 is 0 Å². The first kappa shape index (κ1) is 30.0. The number of hydrogen-bond donors (Lipinski definition) is 1. The van der Waals surface area contributed by atoms with Gasteiger partial charge in [-0.1, -0.05) is 22.0 Å². The lowest BCUT2D eigenvalue weighted by atomic mass is 9.98. The number of benzene rings is 1. The zero-order chi connectivity index (χ0) is 28.9. The number of nitrogens with one attached hydrogen (secondary N) is 1. The molecule has 12 nitrogen and oxygen atoms in total. The number of esters is 4. The van der Waals surface area contributed by atoms with Crippen molar-refractivity contribution < 1.29 is 52.0 Å². The van der Waals surface area contributed by atoms with Crippen LogP contribution in [0.2, 0.25) is 0 Å². The summed E-state index contributed by atoms with van der Waals surface area (Å²) >= 11 is 3.22. The number of rotatable bonds is 9. The Labute approximate surface area is 231 Å². The van der Waals surface area contributed by atoms with Crippen LogP contribution in [0.4, 0.5) is 4.39 Å². The van der Waals surface area contributed by atoms with Gasteiger partial charge >= 0.3 is 23.9 Å². The smallest absolute Gasteiger partial charge is 0.303 e. The Bertz CT molecular complexity index is 1240. The van der Waals surface area contributed by atoms with Gasteiger partial charge < -0.3 is 28.4 Å². The average Bonchev–Trinajstić information content (AvgIpc) is 3.16. The van der Waals surface area contributed by atoms with Crippen LogP contribution in [0.15, 0.2) is 22.7 Å². The van der Waals surface area contributed by atoms with Crippen molar-refractivity contribution in [1.82, 2.24) is 10.2 Å². The Morgan fingerprint density at radius 1 is 0.974 bits per heavy atom. The van der Waals surface area contributed by atoms with E-state index in [-0.39, 0.29) is 12.3 Å². The summed E-state index contributed by atoms with van der Waals surface area (Å²) in [6.45, 7) is 5.82. The van der Waals surface area contributed by atoms with Gasteiger partial charge in [-0.2, -0.15) is 0 Å². The maximum atomic E-state index is 14.6. The lowest BCUT2D eigenvalue weighted by Gasteiger charge is -2.43. The van der Waals surface area contributed by atoms with Gasteiger partial charge in [-0.05, 0) is 24.6 Å². The lowest BCUT2D eigenvalue weighted by Crippen LogP contribution is -2.63. The van der Waals surface area contributed by atoms with E-state index in [2.05, 4.69) is 26.1 Å². The van der Waals surface area contributed by atoms with E-state index < -0.39 is 67.0 Å². The maximum Gasteiger partial charge on any atom is 0.303 e. The Morgan fingerprint density at radius 2 is 1.59 bits per heavy atom. The summed E-state index contributed by atoms with van der Waals surface area (Å²) in [5, 5.41) is 6.91. The summed E-state index contributed by atoms with van der Waals surface area (Å²) in [6, 6.07) is 4.61.